The molecule has 0 aromatic rings. The van der Waals surface area contributed by atoms with E-state index in [1.165, 1.54) is 38.5 Å². The van der Waals surface area contributed by atoms with Crippen molar-refractivity contribution in [1.29, 1.82) is 0 Å². The summed E-state index contributed by atoms with van der Waals surface area (Å²) in [6, 6.07) is 0. The smallest absolute Gasteiger partial charge is 0.233 e. The first kappa shape index (κ1) is 15.3. The highest BCUT2D eigenvalue weighted by molar-refractivity contribution is 7.80. The third kappa shape index (κ3) is 2.96. The quantitative estimate of drug-likeness (QED) is 0.619. The van der Waals surface area contributed by atoms with Crippen molar-refractivity contribution in [2.75, 3.05) is 6.54 Å². The lowest BCUT2D eigenvalue weighted by Gasteiger charge is -2.31. The van der Waals surface area contributed by atoms with E-state index in [0.29, 0.717) is 10.9 Å². The Balaban J connectivity index is 1.60. The summed E-state index contributed by atoms with van der Waals surface area (Å²) in [4.78, 5) is 13.2. The summed E-state index contributed by atoms with van der Waals surface area (Å²) in [5.74, 6) is 2.59. The molecule has 0 aliphatic heterocycles. The molecule has 118 valence electrons. The van der Waals surface area contributed by atoms with Crippen molar-refractivity contribution in [2.24, 2.45) is 28.9 Å². The van der Waals surface area contributed by atoms with E-state index in [-0.39, 0.29) is 5.91 Å². The first-order valence-corrected chi connectivity index (χ1v) is 9.11. The molecule has 3 rings (SSSR count). The van der Waals surface area contributed by atoms with Crippen LogP contribution in [0.5, 0.6) is 0 Å². The summed E-state index contributed by atoms with van der Waals surface area (Å²) >= 11 is 5.28. The van der Waals surface area contributed by atoms with E-state index >= 15 is 0 Å². The summed E-state index contributed by atoms with van der Waals surface area (Å²) in [7, 11) is 0. The molecular weight excluding hydrogens is 280 g/mol. The molecule has 3 nitrogen and oxygen atoms in total. The Labute approximate surface area is 133 Å². The molecule has 2 bridgehead atoms. The maximum absolute atomic E-state index is 12.8. The van der Waals surface area contributed by atoms with E-state index in [1.54, 1.807) is 0 Å². The number of hydrogen-bond donors (Lipinski definition) is 2. The molecule has 4 heteroatoms. The number of thiocarbonyl (C=S) groups is 1. The first-order chi connectivity index (χ1) is 10.1. The third-order valence-electron chi connectivity index (χ3n) is 6.27. The van der Waals surface area contributed by atoms with Crippen molar-refractivity contribution in [1.82, 2.24) is 5.32 Å². The zero-order valence-corrected chi connectivity index (χ0v) is 13.7. The Morgan fingerprint density at radius 3 is 2.38 bits per heavy atom. The molecule has 3 fully saturated rings. The zero-order valence-electron chi connectivity index (χ0n) is 12.9. The summed E-state index contributed by atoms with van der Waals surface area (Å²) in [6.45, 7) is 0.838. The fraction of sp³-hybridized carbons (Fsp3) is 0.882. The van der Waals surface area contributed by atoms with Gasteiger partial charge in [0.05, 0.1) is 10.4 Å². The zero-order chi connectivity index (χ0) is 14.9. The Kier molecular flexibility index (Phi) is 4.53. The molecule has 0 aromatic heterocycles. The Hall–Kier alpha value is -0.640. The normalized spacial score (nSPS) is 34.4. The van der Waals surface area contributed by atoms with Gasteiger partial charge in [0.1, 0.15) is 0 Å². The monoisotopic (exact) mass is 308 g/mol. The van der Waals surface area contributed by atoms with Crippen molar-refractivity contribution in [3.05, 3.63) is 0 Å². The molecule has 3 N–H and O–H groups in total. The van der Waals surface area contributed by atoms with Crippen LogP contribution in [0, 0.1) is 23.2 Å². The van der Waals surface area contributed by atoms with Crippen molar-refractivity contribution < 1.29 is 4.79 Å². The van der Waals surface area contributed by atoms with Crippen LogP contribution in [0.3, 0.4) is 0 Å². The lowest BCUT2D eigenvalue weighted by molar-refractivity contribution is -0.128. The van der Waals surface area contributed by atoms with Crippen LogP contribution in [-0.2, 0) is 4.79 Å². The lowest BCUT2D eigenvalue weighted by Crippen LogP contribution is -2.50. The van der Waals surface area contributed by atoms with E-state index in [4.69, 9.17) is 18.0 Å². The number of nitrogens with two attached hydrogens (primary N) is 1. The molecule has 3 unspecified atom stereocenters. The van der Waals surface area contributed by atoms with Gasteiger partial charge < -0.3 is 11.1 Å². The number of carbonyl (C=O) groups is 1. The van der Waals surface area contributed by atoms with Gasteiger partial charge in [0.15, 0.2) is 0 Å². The van der Waals surface area contributed by atoms with Crippen molar-refractivity contribution in [3.63, 3.8) is 0 Å². The Bertz CT molecular complexity index is 415. The van der Waals surface area contributed by atoms with Gasteiger partial charge in [-0.15, -0.1) is 0 Å². The largest absolute Gasteiger partial charge is 0.392 e. The Morgan fingerprint density at radius 2 is 1.86 bits per heavy atom. The average Bonchev–Trinajstić information content (AvgIpc) is 2.99. The summed E-state index contributed by atoms with van der Waals surface area (Å²) in [5, 5.41) is 3.22. The van der Waals surface area contributed by atoms with Gasteiger partial charge in [-0.3, -0.25) is 4.79 Å². The molecule has 3 atom stereocenters. The van der Waals surface area contributed by atoms with Crippen LogP contribution in [0.2, 0.25) is 0 Å². The van der Waals surface area contributed by atoms with Crippen LogP contribution >= 0.6 is 12.2 Å². The summed E-state index contributed by atoms with van der Waals surface area (Å²) < 4.78 is 0. The highest BCUT2D eigenvalue weighted by Gasteiger charge is 2.43. The number of amides is 1. The molecule has 3 aliphatic rings. The fourth-order valence-electron chi connectivity index (χ4n) is 4.94. The molecular formula is C17H28N2OS. The topological polar surface area (TPSA) is 55.1 Å². The lowest BCUT2D eigenvalue weighted by atomic mass is 9.79. The van der Waals surface area contributed by atoms with E-state index in [2.05, 4.69) is 5.32 Å². The molecule has 0 heterocycles. The number of hydrogen-bond acceptors (Lipinski definition) is 2. The second-order valence-electron chi connectivity index (χ2n) is 7.51. The number of nitrogens with one attached hydrogen (secondary N) is 1. The molecule has 0 aromatic carbocycles. The van der Waals surface area contributed by atoms with Gasteiger partial charge in [-0.2, -0.15) is 0 Å². The van der Waals surface area contributed by atoms with Gasteiger partial charge in [0, 0.05) is 6.54 Å². The maximum atomic E-state index is 12.8. The van der Waals surface area contributed by atoms with Gasteiger partial charge in [-0.05, 0) is 49.9 Å². The second-order valence-corrected chi connectivity index (χ2v) is 7.95. The van der Waals surface area contributed by atoms with Crippen molar-refractivity contribution in [3.8, 4) is 0 Å². The molecule has 21 heavy (non-hydrogen) atoms. The van der Waals surface area contributed by atoms with Crippen LogP contribution in [0.15, 0.2) is 0 Å². The molecule has 0 saturated heterocycles. The number of rotatable bonds is 4. The summed E-state index contributed by atoms with van der Waals surface area (Å²) in [6.07, 6.45) is 11.7. The van der Waals surface area contributed by atoms with Crippen LogP contribution < -0.4 is 11.1 Å². The predicted octanol–water partition coefficient (Wildman–Crippen LogP) is 3.17. The van der Waals surface area contributed by atoms with Crippen LogP contribution in [0.1, 0.15) is 64.2 Å². The van der Waals surface area contributed by atoms with E-state index in [9.17, 15) is 4.79 Å². The molecule has 0 radical (unpaired) electrons. The second kappa shape index (κ2) is 6.23. The minimum absolute atomic E-state index is 0.111. The molecule has 0 spiro atoms. The fourth-order valence-corrected chi connectivity index (χ4v) is 5.23. The molecule has 3 saturated carbocycles. The number of fused-ring (bicyclic) bond motifs is 2. The van der Waals surface area contributed by atoms with Crippen molar-refractivity contribution >= 4 is 23.1 Å². The van der Waals surface area contributed by atoms with Gasteiger partial charge in [-0.25, -0.2) is 0 Å². The predicted molar refractivity (Wildman–Crippen MR) is 88.9 cm³/mol. The van der Waals surface area contributed by atoms with Gasteiger partial charge in [-0.1, -0.05) is 44.3 Å². The van der Waals surface area contributed by atoms with Crippen LogP contribution in [0.4, 0.5) is 0 Å². The third-order valence-corrected chi connectivity index (χ3v) is 6.66. The van der Waals surface area contributed by atoms with Crippen LogP contribution in [0.25, 0.3) is 0 Å². The first-order valence-electron chi connectivity index (χ1n) is 8.70. The SMILES string of the molecule is NC(=S)C1(C(=O)NCC2CC3CCC2C3)CCCCCC1. The minimum atomic E-state index is -0.566. The summed E-state index contributed by atoms with van der Waals surface area (Å²) in [5.41, 5.74) is 5.42. The van der Waals surface area contributed by atoms with Gasteiger partial charge in [0.2, 0.25) is 5.91 Å². The maximum Gasteiger partial charge on any atom is 0.233 e. The van der Waals surface area contributed by atoms with E-state index in [1.807, 2.05) is 0 Å². The highest BCUT2D eigenvalue weighted by atomic mass is 32.1. The average molecular weight is 308 g/mol. The number of carbonyl (C=O) groups excluding carboxylic acids is 1. The van der Waals surface area contributed by atoms with Crippen LogP contribution in [-0.4, -0.2) is 17.4 Å². The van der Waals surface area contributed by atoms with Crippen molar-refractivity contribution in [2.45, 2.75) is 64.2 Å². The standard InChI is InChI=1S/C17H28N2OS/c18-15(21)17(7-3-1-2-4-8-17)16(20)19-11-14-10-12-5-6-13(14)9-12/h12-14H,1-11H2,(H2,18,21)(H,19,20). The van der Waals surface area contributed by atoms with Gasteiger partial charge in [0.25, 0.3) is 0 Å². The van der Waals surface area contributed by atoms with E-state index in [0.717, 1.165) is 44.1 Å². The van der Waals surface area contributed by atoms with E-state index < -0.39 is 5.41 Å². The van der Waals surface area contributed by atoms with Gasteiger partial charge >= 0.3 is 0 Å². The Morgan fingerprint density at radius 1 is 1.14 bits per heavy atom. The molecule has 1 amide bonds. The minimum Gasteiger partial charge on any atom is -0.392 e. The highest BCUT2D eigenvalue weighted by Crippen LogP contribution is 2.48. The molecule has 3 aliphatic carbocycles.